The Morgan fingerprint density at radius 1 is 1.16 bits per heavy atom. The lowest BCUT2D eigenvalue weighted by atomic mass is 10.1. The first-order chi connectivity index (χ1) is 8.91. The molecule has 1 aromatic carbocycles. The average Bonchev–Trinajstić information content (AvgIpc) is 2.38. The SMILES string of the molecule is CCc1cccc(-c2ccc(O)c(C(F)(F)F)c2)n1. The van der Waals surface area contributed by atoms with Gasteiger partial charge >= 0.3 is 6.18 Å². The molecule has 1 aromatic heterocycles. The summed E-state index contributed by atoms with van der Waals surface area (Å²) >= 11 is 0. The Morgan fingerprint density at radius 3 is 2.53 bits per heavy atom. The monoisotopic (exact) mass is 267 g/mol. The zero-order chi connectivity index (χ0) is 14.0. The van der Waals surface area contributed by atoms with E-state index in [4.69, 9.17) is 0 Å². The van der Waals surface area contributed by atoms with Gasteiger partial charge in [0.1, 0.15) is 5.75 Å². The number of pyridine rings is 1. The Labute approximate surface area is 108 Å². The summed E-state index contributed by atoms with van der Waals surface area (Å²) in [5, 5.41) is 9.28. The number of aromatic hydroxyl groups is 1. The average molecular weight is 267 g/mol. The van der Waals surface area contributed by atoms with E-state index in [1.165, 1.54) is 6.07 Å². The molecule has 0 fully saturated rings. The zero-order valence-corrected chi connectivity index (χ0v) is 10.2. The molecule has 0 radical (unpaired) electrons. The van der Waals surface area contributed by atoms with E-state index in [1.807, 2.05) is 13.0 Å². The number of halogens is 3. The van der Waals surface area contributed by atoms with Crippen LogP contribution in [0, 0.1) is 0 Å². The lowest BCUT2D eigenvalue weighted by molar-refractivity contribution is -0.138. The molecule has 2 aromatic rings. The number of phenols is 1. The highest BCUT2D eigenvalue weighted by molar-refractivity contribution is 5.62. The van der Waals surface area contributed by atoms with Gasteiger partial charge in [0.25, 0.3) is 0 Å². The molecule has 0 aliphatic carbocycles. The van der Waals surface area contributed by atoms with Crippen LogP contribution >= 0.6 is 0 Å². The van der Waals surface area contributed by atoms with Crippen LogP contribution in [-0.2, 0) is 12.6 Å². The van der Waals surface area contributed by atoms with Gasteiger partial charge in [-0.15, -0.1) is 0 Å². The molecule has 0 unspecified atom stereocenters. The maximum absolute atomic E-state index is 12.7. The fourth-order valence-electron chi connectivity index (χ4n) is 1.76. The Bertz CT molecular complexity index is 593. The van der Waals surface area contributed by atoms with Crippen molar-refractivity contribution in [2.75, 3.05) is 0 Å². The third-order valence-corrected chi connectivity index (χ3v) is 2.77. The molecule has 2 rings (SSSR count). The zero-order valence-electron chi connectivity index (χ0n) is 10.2. The number of benzene rings is 1. The molecule has 1 heterocycles. The highest BCUT2D eigenvalue weighted by atomic mass is 19.4. The number of hydrogen-bond donors (Lipinski definition) is 1. The summed E-state index contributed by atoms with van der Waals surface area (Å²) in [5.41, 5.74) is 0.554. The fourth-order valence-corrected chi connectivity index (χ4v) is 1.76. The van der Waals surface area contributed by atoms with E-state index in [-0.39, 0.29) is 0 Å². The Balaban J connectivity index is 2.51. The predicted molar refractivity (Wildman–Crippen MR) is 65.7 cm³/mol. The minimum Gasteiger partial charge on any atom is -0.507 e. The van der Waals surface area contributed by atoms with Crippen molar-refractivity contribution in [1.29, 1.82) is 0 Å². The van der Waals surface area contributed by atoms with Gasteiger partial charge in [-0.3, -0.25) is 4.98 Å². The van der Waals surface area contributed by atoms with Crippen molar-refractivity contribution in [3.63, 3.8) is 0 Å². The standard InChI is InChI=1S/C14H12F3NO/c1-2-10-4-3-5-12(18-10)9-6-7-13(19)11(8-9)14(15,16)17/h3-8,19H,2H2,1H3. The van der Waals surface area contributed by atoms with Crippen molar-refractivity contribution in [2.24, 2.45) is 0 Å². The number of alkyl halides is 3. The first-order valence-electron chi connectivity index (χ1n) is 5.78. The van der Waals surface area contributed by atoms with Gasteiger partial charge in [-0.2, -0.15) is 13.2 Å². The number of aromatic nitrogens is 1. The molecule has 0 saturated heterocycles. The van der Waals surface area contributed by atoms with Gasteiger partial charge in [0.15, 0.2) is 0 Å². The molecular weight excluding hydrogens is 255 g/mol. The number of aryl methyl sites for hydroxylation is 1. The van der Waals surface area contributed by atoms with E-state index in [0.717, 1.165) is 17.8 Å². The summed E-state index contributed by atoms with van der Waals surface area (Å²) < 4.78 is 38.1. The first-order valence-corrected chi connectivity index (χ1v) is 5.78. The van der Waals surface area contributed by atoms with Crippen LogP contribution in [-0.4, -0.2) is 10.1 Å². The molecule has 5 heteroatoms. The van der Waals surface area contributed by atoms with Gasteiger partial charge in [-0.1, -0.05) is 13.0 Å². The first kappa shape index (κ1) is 13.4. The molecule has 0 saturated carbocycles. The van der Waals surface area contributed by atoms with Gasteiger partial charge in [0.2, 0.25) is 0 Å². The molecule has 19 heavy (non-hydrogen) atoms. The fraction of sp³-hybridized carbons (Fsp3) is 0.214. The summed E-state index contributed by atoms with van der Waals surface area (Å²) in [5.74, 6) is -0.775. The van der Waals surface area contributed by atoms with Crippen molar-refractivity contribution in [3.8, 4) is 17.0 Å². The van der Waals surface area contributed by atoms with E-state index >= 15 is 0 Å². The normalized spacial score (nSPS) is 11.6. The van der Waals surface area contributed by atoms with Crippen molar-refractivity contribution in [3.05, 3.63) is 47.7 Å². The van der Waals surface area contributed by atoms with E-state index in [2.05, 4.69) is 4.98 Å². The van der Waals surface area contributed by atoms with Gasteiger partial charge in [0, 0.05) is 11.3 Å². The molecule has 0 aliphatic heterocycles. The van der Waals surface area contributed by atoms with Gasteiger partial charge in [-0.05, 0) is 36.8 Å². The van der Waals surface area contributed by atoms with Crippen molar-refractivity contribution < 1.29 is 18.3 Å². The summed E-state index contributed by atoms with van der Waals surface area (Å²) in [6, 6.07) is 8.59. The van der Waals surface area contributed by atoms with Crippen molar-refractivity contribution >= 4 is 0 Å². The predicted octanol–water partition coefficient (Wildman–Crippen LogP) is 4.04. The van der Waals surface area contributed by atoms with Gasteiger partial charge in [-0.25, -0.2) is 0 Å². The lowest BCUT2D eigenvalue weighted by Crippen LogP contribution is -2.05. The highest BCUT2D eigenvalue weighted by Crippen LogP contribution is 2.37. The van der Waals surface area contributed by atoms with Crippen LogP contribution < -0.4 is 0 Å². The van der Waals surface area contributed by atoms with Crippen LogP contribution in [0.15, 0.2) is 36.4 Å². The molecule has 2 nitrogen and oxygen atoms in total. The van der Waals surface area contributed by atoms with Crippen LogP contribution in [0.3, 0.4) is 0 Å². The summed E-state index contributed by atoms with van der Waals surface area (Å²) in [4.78, 5) is 4.27. The number of rotatable bonds is 2. The van der Waals surface area contributed by atoms with Crippen LogP contribution in [0.1, 0.15) is 18.2 Å². The van der Waals surface area contributed by atoms with Crippen LogP contribution in [0.4, 0.5) is 13.2 Å². The summed E-state index contributed by atoms with van der Waals surface area (Å²) in [6.45, 7) is 1.92. The number of hydrogen-bond acceptors (Lipinski definition) is 2. The van der Waals surface area contributed by atoms with Gasteiger partial charge < -0.3 is 5.11 Å². The summed E-state index contributed by atoms with van der Waals surface area (Å²) in [7, 11) is 0. The molecule has 0 aliphatic rings. The topological polar surface area (TPSA) is 33.1 Å². The molecule has 1 N–H and O–H groups in total. The second-order valence-corrected chi connectivity index (χ2v) is 4.10. The van der Waals surface area contributed by atoms with E-state index in [0.29, 0.717) is 17.7 Å². The minimum absolute atomic E-state index is 0.334. The van der Waals surface area contributed by atoms with Crippen LogP contribution in [0.2, 0.25) is 0 Å². The molecule has 0 amide bonds. The van der Waals surface area contributed by atoms with E-state index in [1.54, 1.807) is 12.1 Å². The molecule has 0 bridgehead atoms. The van der Waals surface area contributed by atoms with Crippen LogP contribution in [0.5, 0.6) is 5.75 Å². The Kier molecular flexibility index (Phi) is 3.46. The second kappa shape index (κ2) is 4.91. The van der Waals surface area contributed by atoms with Gasteiger partial charge in [0.05, 0.1) is 11.3 Å². The minimum atomic E-state index is -4.58. The third kappa shape index (κ3) is 2.86. The Hall–Kier alpha value is -2.04. The van der Waals surface area contributed by atoms with Crippen LogP contribution in [0.25, 0.3) is 11.3 Å². The van der Waals surface area contributed by atoms with E-state index in [9.17, 15) is 18.3 Å². The lowest BCUT2D eigenvalue weighted by Gasteiger charge is -2.11. The quantitative estimate of drug-likeness (QED) is 0.890. The maximum Gasteiger partial charge on any atom is 0.419 e. The molecule has 0 spiro atoms. The number of nitrogens with zero attached hydrogens (tertiary/aromatic N) is 1. The maximum atomic E-state index is 12.7. The summed E-state index contributed by atoms with van der Waals surface area (Å²) in [6.07, 6.45) is -3.87. The molecular formula is C14H12F3NO. The second-order valence-electron chi connectivity index (χ2n) is 4.10. The third-order valence-electron chi connectivity index (χ3n) is 2.77. The molecule has 0 atom stereocenters. The van der Waals surface area contributed by atoms with E-state index < -0.39 is 17.5 Å². The highest BCUT2D eigenvalue weighted by Gasteiger charge is 2.34. The molecule has 100 valence electrons. The largest absolute Gasteiger partial charge is 0.507 e. The smallest absolute Gasteiger partial charge is 0.419 e. The van der Waals surface area contributed by atoms with Crippen molar-refractivity contribution in [2.45, 2.75) is 19.5 Å². The number of phenolic OH excluding ortho intramolecular Hbond substituents is 1. The Morgan fingerprint density at radius 2 is 1.89 bits per heavy atom. The van der Waals surface area contributed by atoms with Crippen molar-refractivity contribution in [1.82, 2.24) is 4.98 Å².